The number of methoxy groups -OCH3 is 3. The van der Waals surface area contributed by atoms with Gasteiger partial charge in [0.15, 0.2) is 0 Å². The summed E-state index contributed by atoms with van der Waals surface area (Å²) in [5.74, 6) is 1.94. The van der Waals surface area contributed by atoms with Crippen LogP contribution in [0.15, 0.2) is 54.6 Å². The van der Waals surface area contributed by atoms with Crippen LogP contribution in [0.4, 0.5) is 0 Å². The van der Waals surface area contributed by atoms with Gasteiger partial charge in [0, 0.05) is 85.2 Å². The fourth-order valence-corrected chi connectivity index (χ4v) is 8.30. The molecule has 0 amide bonds. The summed E-state index contributed by atoms with van der Waals surface area (Å²) >= 11 is 14.5. The topological polar surface area (TPSA) is 64.1 Å². The van der Waals surface area contributed by atoms with Crippen molar-refractivity contribution in [2.24, 2.45) is 5.92 Å². The van der Waals surface area contributed by atoms with E-state index in [4.69, 9.17) is 42.4 Å². The molecule has 0 unspecified atom stereocenters. The van der Waals surface area contributed by atoms with Crippen molar-refractivity contribution < 1.29 is 19.0 Å². The molecule has 250 valence electrons. The Balaban J connectivity index is 1.22. The molecule has 1 aliphatic carbocycles. The van der Waals surface area contributed by atoms with E-state index >= 15 is 0 Å². The van der Waals surface area contributed by atoms with Crippen molar-refractivity contribution in [3.63, 3.8) is 0 Å². The number of halogens is 2. The van der Waals surface area contributed by atoms with Crippen LogP contribution in [-0.2, 0) is 28.9 Å². The average molecular weight is 687 g/mol. The predicted molar refractivity (Wildman–Crippen MR) is 191 cm³/mol. The minimum Gasteiger partial charge on any atom is -0.496 e. The van der Waals surface area contributed by atoms with Crippen LogP contribution >= 0.6 is 23.2 Å². The molecule has 1 fully saturated rings. The fourth-order valence-electron chi connectivity index (χ4n) is 7.64. The fraction of sp³-hybridized carbons (Fsp3) is 0.385. The first-order valence-corrected chi connectivity index (χ1v) is 17.4. The number of nitrogens with zero attached hydrogens (tertiary/aromatic N) is 3. The van der Waals surface area contributed by atoms with Gasteiger partial charge in [-0.1, -0.05) is 65.7 Å². The number of aromatic nitrogens is 1. The molecule has 1 atom stereocenters. The van der Waals surface area contributed by atoms with Crippen LogP contribution in [0.5, 0.6) is 11.6 Å². The minimum atomic E-state index is 0.146. The molecule has 48 heavy (non-hydrogen) atoms. The minimum absolute atomic E-state index is 0.146. The Hall–Kier alpha value is -3.46. The zero-order chi connectivity index (χ0) is 33.5. The smallest absolute Gasteiger partial charge is 0.217 e. The number of hydrogen-bond donors (Lipinski definition) is 0. The maximum Gasteiger partial charge on any atom is 0.217 e. The van der Waals surface area contributed by atoms with Crippen LogP contribution in [0.1, 0.15) is 41.6 Å². The Morgan fingerprint density at radius 3 is 2.29 bits per heavy atom. The monoisotopic (exact) mass is 685 g/mol. The van der Waals surface area contributed by atoms with Gasteiger partial charge in [0.1, 0.15) is 11.5 Å². The van der Waals surface area contributed by atoms with E-state index in [1.807, 2.05) is 30.3 Å². The number of Topliss-reactive ketones (excluding diaryl/α,β-unsaturated/α-hetero) is 1. The SMILES string of the molecule is COCCN1CCc2c(cc(-c3cccc(-c4cccc(-c5cc6c(c(OC)c5)[C@H](N5CC(C(C)=O)C5)CC6)c4Cl)c3Cl)nc2OC)C1. The lowest BCUT2D eigenvalue weighted by Crippen LogP contribution is -2.50. The van der Waals surface area contributed by atoms with E-state index in [-0.39, 0.29) is 17.7 Å². The highest BCUT2D eigenvalue weighted by atomic mass is 35.5. The molecule has 0 N–H and O–H groups in total. The van der Waals surface area contributed by atoms with Crippen molar-refractivity contribution in [2.45, 2.75) is 38.8 Å². The third-order valence-electron chi connectivity index (χ3n) is 10.3. The lowest BCUT2D eigenvalue weighted by Gasteiger charge is -2.42. The Labute approximate surface area is 292 Å². The highest BCUT2D eigenvalue weighted by Crippen LogP contribution is 2.48. The van der Waals surface area contributed by atoms with Crippen molar-refractivity contribution in [1.82, 2.24) is 14.8 Å². The van der Waals surface area contributed by atoms with Crippen molar-refractivity contribution in [3.8, 4) is 45.1 Å². The number of carbonyl (C=O) groups excluding carboxylic acids is 1. The second-order valence-electron chi connectivity index (χ2n) is 13.1. The lowest BCUT2D eigenvalue weighted by atomic mass is 9.91. The largest absolute Gasteiger partial charge is 0.496 e. The third-order valence-corrected chi connectivity index (χ3v) is 11.1. The van der Waals surface area contributed by atoms with Crippen molar-refractivity contribution in [1.29, 1.82) is 0 Å². The van der Waals surface area contributed by atoms with Crippen molar-refractivity contribution >= 4 is 29.0 Å². The van der Waals surface area contributed by atoms with Crippen LogP contribution in [0.25, 0.3) is 33.5 Å². The summed E-state index contributed by atoms with van der Waals surface area (Å²) in [5, 5.41) is 1.22. The molecule has 4 aromatic rings. The van der Waals surface area contributed by atoms with Gasteiger partial charge in [-0.3, -0.25) is 14.6 Å². The number of ketones is 1. The number of aryl methyl sites for hydroxylation is 1. The van der Waals surface area contributed by atoms with Crippen LogP contribution < -0.4 is 9.47 Å². The van der Waals surface area contributed by atoms with Crippen molar-refractivity contribution in [2.75, 3.05) is 54.1 Å². The van der Waals surface area contributed by atoms with Gasteiger partial charge < -0.3 is 14.2 Å². The molecule has 1 aromatic heterocycles. The molecule has 2 aliphatic heterocycles. The average Bonchev–Trinajstić information content (AvgIpc) is 3.49. The molecule has 7 nitrogen and oxygen atoms in total. The molecule has 3 aromatic carbocycles. The summed E-state index contributed by atoms with van der Waals surface area (Å²) in [5.41, 5.74) is 10.1. The Bertz CT molecular complexity index is 1870. The van der Waals surface area contributed by atoms with Gasteiger partial charge >= 0.3 is 0 Å². The van der Waals surface area contributed by atoms with E-state index in [1.54, 1.807) is 28.3 Å². The number of fused-ring (bicyclic) bond motifs is 2. The van der Waals surface area contributed by atoms with Gasteiger partial charge in [0.25, 0.3) is 0 Å². The molecule has 0 bridgehead atoms. The molecular formula is C39H41Cl2N3O4. The van der Waals surface area contributed by atoms with E-state index in [1.165, 1.54) is 16.7 Å². The highest BCUT2D eigenvalue weighted by Gasteiger charge is 2.40. The zero-order valence-electron chi connectivity index (χ0n) is 27.9. The Morgan fingerprint density at radius 2 is 1.60 bits per heavy atom. The molecule has 0 saturated carbocycles. The van der Waals surface area contributed by atoms with E-state index in [9.17, 15) is 4.79 Å². The second kappa shape index (κ2) is 13.8. The number of carbonyl (C=O) groups is 1. The zero-order valence-corrected chi connectivity index (χ0v) is 29.5. The summed E-state index contributed by atoms with van der Waals surface area (Å²) in [6.07, 6.45) is 2.85. The number of rotatable bonds is 10. The first-order chi connectivity index (χ1) is 23.3. The summed E-state index contributed by atoms with van der Waals surface area (Å²) in [4.78, 5) is 21.6. The molecule has 7 rings (SSSR count). The third kappa shape index (κ3) is 6.01. The first-order valence-electron chi connectivity index (χ1n) is 16.6. The molecule has 0 spiro atoms. The Morgan fingerprint density at radius 1 is 0.896 bits per heavy atom. The molecule has 0 radical (unpaired) electrons. The number of ether oxygens (including phenoxy) is 3. The van der Waals surface area contributed by atoms with Crippen LogP contribution in [0, 0.1) is 5.92 Å². The lowest BCUT2D eigenvalue weighted by molar-refractivity contribution is -0.127. The van der Waals surface area contributed by atoms with Crippen LogP contribution in [0.3, 0.4) is 0 Å². The maximum absolute atomic E-state index is 11.9. The van der Waals surface area contributed by atoms with Gasteiger partial charge in [0.05, 0.1) is 36.6 Å². The molecule has 1 saturated heterocycles. The van der Waals surface area contributed by atoms with Gasteiger partial charge in [0.2, 0.25) is 5.88 Å². The van der Waals surface area contributed by atoms with E-state index in [0.717, 1.165) is 96.8 Å². The van der Waals surface area contributed by atoms with Gasteiger partial charge in [-0.15, -0.1) is 0 Å². The standard InChI is InChI=1S/C39H41Cl2N3O4/c1-23(45)27-21-44(22-27)34-12-11-24-17-25(19-35(47-3)36(24)34)28-7-5-8-30(37(28)40)31-9-6-10-32(38(31)41)33-18-26-20-43(15-16-46-2)14-13-29(26)39(42-33)48-4/h5-10,17-19,27,34H,11-16,20-22H2,1-4H3/t34-/m1/s1. The van der Waals surface area contributed by atoms with E-state index in [2.05, 4.69) is 34.1 Å². The van der Waals surface area contributed by atoms with Crippen LogP contribution in [0.2, 0.25) is 10.0 Å². The highest BCUT2D eigenvalue weighted by molar-refractivity contribution is 6.39. The number of likely N-dealkylation sites (tertiary alicyclic amines) is 1. The second-order valence-corrected chi connectivity index (χ2v) is 13.8. The Kier molecular flexibility index (Phi) is 9.51. The van der Waals surface area contributed by atoms with Gasteiger partial charge in [-0.25, -0.2) is 4.98 Å². The number of benzene rings is 3. The summed E-state index contributed by atoms with van der Waals surface area (Å²) < 4.78 is 17.1. The van der Waals surface area contributed by atoms with E-state index < -0.39 is 0 Å². The molecular weight excluding hydrogens is 645 g/mol. The summed E-state index contributed by atoms with van der Waals surface area (Å²) in [7, 11) is 5.14. The predicted octanol–water partition coefficient (Wildman–Crippen LogP) is 7.92. The molecule has 3 aliphatic rings. The van der Waals surface area contributed by atoms with Crippen molar-refractivity contribution in [3.05, 3.63) is 86.9 Å². The maximum atomic E-state index is 11.9. The van der Waals surface area contributed by atoms with Gasteiger partial charge in [-0.05, 0) is 55.0 Å². The summed E-state index contributed by atoms with van der Waals surface area (Å²) in [6.45, 7) is 6.64. The number of pyridine rings is 1. The first kappa shape index (κ1) is 33.1. The number of hydrogen-bond acceptors (Lipinski definition) is 7. The quantitative estimate of drug-likeness (QED) is 0.168. The van der Waals surface area contributed by atoms with Gasteiger partial charge in [-0.2, -0.15) is 0 Å². The summed E-state index contributed by atoms with van der Waals surface area (Å²) in [6, 6.07) is 18.9. The molecule has 3 heterocycles. The molecule has 9 heteroatoms. The van der Waals surface area contributed by atoms with Crippen LogP contribution in [-0.4, -0.2) is 74.7 Å². The van der Waals surface area contributed by atoms with E-state index in [0.29, 0.717) is 22.5 Å². The normalized spacial score (nSPS) is 17.9.